The number of esters is 1. The van der Waals surface area contributed by atoms with Gasteiger partial charge in [0.15, 0.2) is 4.80 Å². The number of ether oxygens (including phenoxy) is 2. The number of phenolic OH excluding ortho intramolecular Hbond substituents is 1. The predicted molar refractivity (Wildman–Crippen MR) is 160 cm³/mol. The number of nitrogens with zero attached hydrogens (tertiary/aromatic N) is 2. The molecule has 1 aliphatic rings. The van der Waals surface area contributed by atoms with Gasteiger partial charge in [-0.3, -0.25) is 9.36 Å². The van der Waals surface area contributed by atoms with Crippen molar-refractivity contribution in [3.05, 3.63) is 133 Å². The smallest absolute Gasteiger partial charge is 0.338 e. The van der Waals surface area contributed by atoms with Crippen LogP contribution >= 0.6 is 11.3 Å². The standard InChI is InChI=1S/C33H26N2O5S/c1-3-40-32(38)28-29(21-12-5-4-6-13-21)34-33-35(31(37)26(41-33)19-22-14-8-10-16-24(22)36)30(28)27-23-15-9-7-11-20(23)17-18-25(27)39-2/h4-19,30,36H,3H2,1-2H3/t30-/m0/s1. The summed E-state index contributed by atoms with van der Waals surface area (Å²) >= 11 is 1.20. The number of methoxy groups -OCH3 is 1. The van der Waals surface area contributed by atoms with Gasteiger partial charge in [-0.25, -0.2) is 9.79 Å². The summed E-state index contributed by atoms with van der Waals surface area (Å²) in [4.78, 5) is 33.3. The zero-order chi connectivity index (χ0) is 28.5. The Labute approximate surface area is 239 Å². The van der Waals surface area contributed by atoms with Gasteiger partial charge in [0.05, 0.1) is 29.5 Å². The second-order valence-corrected chi connectivity index (χ2v) is 10.4. The molecule has 5 aromatic rings. The van der Waals surface area contributed by atoms with Gasteiger partial charge in [-0.1, -0.05) is 90.2 Å². The molecule has 0 bridgehead atoms. The number of rotatable bonds is 6. The van der Waals surface area contributed by atoms with E-state index in [1.54, 1.807) is 48.9 Å². The molecular formula is C33H26N2O5S. The van der Waals surface area contributed by atoms with Crippen LogP contribution in [0.1, 0.15) is 29.7 Å². The van der Waals surface area contributed by atoms with Crippen LogP contribution in [-0.4, -0.2) is 29.4 Å². The Hall–Kier alpha value is -4.95. The molecule has 0 fully saturated rings. The molecule has 41 heavy (non-hydrogen) atoms. The first-order valence-electron chi connectivity index (χ1n) is 13.1. The maximum Gasteiger partial charge on any atom is 0.338 e. The number of thiazole rings is 1. The summed E-state index contributed by atoms with van der Waals surface area (Å²) in [5.74, 6) is 0.0213. The van der Waals surface area contributed by atoms with Gasteiger partial charge in [-0.2, -0.15) is 0 Å². The third-order valence-corrected chi connectivity index (χ3v) is 8.00. The SMILES string of the molecule is CCOC(=O)C1=C(c2ccccc2)N=c2sc(=Cc3ccccc3O)c(=O)n2[C@H]1c1c(OC)ccc2ccccc12. The summed E-state index contributed by atoms with van der Waals surface area (Å²) in [5.41, 5.74) is 2.22. The van der Waals surface area contributed by atoms with Crippen molar-refractivity contribution in [2.75, 3.05) is 13.7 Å². The zero-order valence-electron chi connectivity index (χ0n) is 22.4. The molecule has 1 atom stereocenters. The third-order valence-electron chi connectivity index (χ3n) is 7.02. The van der Waals surface area contributed by atoms with E-state index in [1.165, 1.54) is 11.3 Å². The highest BCUT2D eigenvalue weighted by Gasteiger charge is 2.37. The normalized spacial score (nSPS) is 15.0. The average Bonchev–Trinajstić information content (AvgIpc) is 3.31. The Bertz CT molecular complexity index is 2010. The van der Waals surface area contributed by atoms with E-state index in [4.69, 9.17) is 14.5 Å². The highest BCUT2D eigenvalue weighted by Crippen LogP contribution is 2.42. The Morgan fingerprint density at radius 2 is 1.73 bits per heavy atom. The lowest BCUT2D eigenvalue weighted by atomic mass is 9.89. The van der Waals surface area contributed by atoms with Crippen molar-refractivity contribution in [1.82, 2.24) is 4.57 Å². The van der Waals surface area contributed by atoms with E-state index in [-0.39, 0.29) is 23.5 Å². The summed E-state index contributed by atoms with van der Waals surface area (Å²) in [6.07, 6.45) is 1.65. The minimum absolute atomic E-state index is 0.0581. The largest absolute Gasteiger partial charge is 0.507 e. The van der Waals surface area contributed by atoms with Crippen LogP contribution < -0.4 is 19.6 Å². The molecule has 0 unspecified atom stereocenters. The molecule has 0 saturated carbocycles. The first-order chi connectivity index (χ1) is 20.0. The topological polar surface area (TPSA) is 90.1 Å². The maximum absolute atomic E-state index is 14.2. The Kier molecular flexibility index (Phi) is 6.99. The summed E-state index contributed by atoms with van der Waals surface area (Å²) < 4.78 is 13.4. The van der Waals surface area contributed by atoms with Crippen molar-refractivity contribution in [3.8, 4) is 11.5 Å². The molecule has 0 saturated heterocycles. The van der Waals surface area contributed by atoms with Crippen LogP contribution in [-0.2, 0) is 9.53 Å². The number of para-hydroxylation sites is 1. The number of carbonyl (C=O) groups excluding carboxylic acids is 1. The van der Waals surface area contributed by atoms with Gasteiger partial charge in [0.2, 0.25) is 0 Å². The van der Waals surface area contributed by atoms with E-state index >= 15 is 0 Å². The molecular weight excluding hydrogens is 536 g/mol. The van der Waals surface area contributed by atoms with Crippen molar-refractivity contribution >= 4 is 39.9 Å². The van der Waals surface area contributed by atoms with Gasteiger partial charge < -0.3 is 14.6 Å². The molecule has 1 N–H and O–H groups in total. The van der Waals surface area contributed by atoms with Crippen LogP contribution in [0.4, 0.5) is 0 Å². The molecule has 204 valence electrons. The Balaban J connectivity index is 1.76. The number of hydrogen-bond acceptors (Lipinski definition) is 7. The van der Waals surface area contributed by atoms with Crippen LogP contribution in [0, 0.1) is 0 Å². The predicted octanol–water partition coefficient (Wildman–Crippen LogP) is 4.80. The monoisotopic (exact) mass is 562 g/mol. The third kappa shape index (κ3) is 4.62. The molecule has 0 aliphatic carbocycles. The number of phenols is 1. The number of carbonyl (C=O) groups is 1. The lowest BCUT2D eigenvalue weighted by molar-refractivity contribution is -0.138. The van der Waals surface area contributed by atoms with Crippen molar-refractivity contribution in [2.45, 2.75) is 13.0 Å². The number of aromatic nitrogens is 1. The fourth-order valence-electron chi connectivity index (χ4n) is 5.20. The van der Waals surface area contributed by atoms with Gasteiger partial charge in [0, 0.05) is 16.7 Å². The first-order valence-corrected chi connectivity index (χ1v) is 14.0. The van der Waals surface area contributed by atoms with Crippen molar-refractivity contribution in [3.63, 3.8) is 0 Å². The fourth-order valence-corrected chi connectivity index (χ4v) is 6.19. The van der Waals surface area contributed by atoms with Crippen LogP contribution in [0.15, 0.2) is 106 Å². The first kappa shape index (κ1) is 26.3. The second kappa shape index (κ2) is 10.9. The van der Waals surface area contributed by atoms with Crippen LogP contribution in [0.2, 0.25) is 0 Å². The van der Waals surface area contributed by atoms with E-state index in [0.717, 1.165) is 16.3 Å². The van der Waals surface area contributed by atoms with E-state index < -0.39 is 12.0 Å². The Morgan fingerprint density at radius 3 is 2.49 bits per heavy atom. The van der Waals surface area contributed by atoms with Crippen molar-refractivity contribution < 1.29 is 19.4 Å². The molecule has 1 aromatic heterocycles. The minimum atomic E-state index is -0.895. The highest BCUT2D eigenvalue weighted by atomic mass is 32.1. The summed E-state index contributed by atoms with van der Waals surface area (Å²) in [7, 11) is 1.57. The van der Waals surface area contributed by atoms with Crippen molar-refractivity contribution in [1.29, 1.82) is 0 Å². The van der Waals surface area contributed by atoms with Gasteiger partial charge in [-0.05, 0) is 35.9 Å². The van der Waals surface area contributed by atoms with Gasteiger partial charge >= 0.3 is 5.97 Å². The molecule has 0 amide bonds. The molecule has 0 spiro atoms. The van der Waals surface area contributed by atoms with E-state index in [0.29, 0.717) is 31.9 Å². The number of fused-ring (bicyclic) bond motifs is 2. The molecule has 2 heterocycles. The lowest BCUT2D eigenvalue weighted by Crippen LogP contribution is -2.40. The maximum atomic E-state index is 14.2. The van der Waals surface area contributed by atoms with Gasteiger partial charge in [0.1, 0.15) is 17.5 Å². The summed E-state index contributed by atoms with van der Waals surface area (Å²) in [6, 6.07) is 26.9. The van der Waals surface area contributed by atoms with Crippen molar-refractivity contribution in [2.24, 2.45) is 4.99 Å². The van der Waals surface area contributed by atoms with Gasteiger partial charge in [-0.15, -0.1) is 0 Å². The molecule has 0 radical (unpaired) electrons. The minimum Gasteiger partial charge on any atom is -0.507 e. The number of aromatic hydroxyl groups is 1. The fraction of sp³-hybridized carbons (Fsp3) is 0.121. The Morgan fingerprint density at radius 1 is 1.00 bits per heavy atom. The van der Waals surface area contributed by atoms with E-state index in [2.05, 4.69) is 0 Å². The number of hydrogen-bond donors (Lipinski definition) is 1. The van der Waals surface area contributed by atoms with E-state index in [9.17, 15) is 14.7 Å². The molecule has 7 nitrogen and oxygen atoms in total. The zero-order valence-corrected chi connectivity index (χ0v) is 23.2. The second-order valence-electron chi connectivity index (χ2n) is 9.39. The van der Waals surface area contributed by atoms with Crippen LogP contribution in [0.25, 0.3) is 22.5 Å². The lowest BCUT2D eigenvalue weighted by Gasteiger charge is -2.28. The summed E-state index contributed by atoms with van der Waals surface area (Å²) in [6.45, 7) is 1.90. The molecule has 4 aromatic carbocycles. The molecule has 6 rings (SSSR count). The highest BCUT2D eigenvalue weighted by molar-refractivity contribution is 7.07. The molecule has 1 aliphatic heterocycles. The van der Waals surface area contributed by atoms with Crippen LogP contribution in [0.3, 0.4) is 0 Å². The van der Waals surface area contributed by atoms with Crippen LogP contribution in [0.5, 0.6) is 11.5 Å². The van der Waals surface area contributed by atoms with E-state index in [1.807, 2.05) is 66.7 Å². The number of benzene rings is 4. The van der Waals surface area contributed by atoms with Gasteiger partial charge in [0.25, 0.3) is 5.56 Å². The summed E-state index contributed by atoms with van der Waals surface area (Å²) in [5, 5.41) is 12.2. The molecule has 8 heteroatoms. The average molecular weight is 563 g/mol. The quantitative estimate of drug-likeness (QED) is 0.300.